The Morgan fingerprint density at radius 1 is 0.818 bits per heavy atom. The van der Waals surface area contributed by atoms with Gasteiger partial charge in [-0.25, -0.2) is 0 Å². The summed E-state index contributed by atoms with van der Waals surface area (Å²) in [6.45, 7) is 0.411. The molecular formula is C16H23NO5. The third-order valence-corrected chi connectivity index (χ3v) is 3.58. The second-order valence-corrected chi connectivity index (χ2v) is 5.47. The minimum absolute atomic E-state index is 0.164. The summed E-state index contributed by atoms with van der Waals surface area (Å²) >= 11 is 0. The van der Waals surface area contributed by atoms with Crippen molar-refractivity contribution >= 4 is 23.6 Å². The molecule has 0 aromatic heterocycles. The minimum atomic E-state index is -0.795. The average Bonchev–Trinajstić information content (AvgIpc) is 2.77. The van der Waals surface area contributed by atoms with Gasteiger partial charge in [0.05, 0.1) is 0 Å². The largest absolute Gasteiger partial charge is 0.481 e. The van der Waals surface area contributed by atoms with Crippen molar-refractivity contribution in [2.45, 2.75) is 57.8 Å². The van der Waals surface area contributed by atoms with Crippen LogP contribution in [0.1, 0.15) is 57.8 Å². The topological polar surface area (TPSA) is 91.8 Å². The van der Waals surface area contributed by atoms with Crippen molar-refractivity contribution in [2.24, 2.45) is 0 Å². The van der Waals surface area contributed by atoms with Gasteiger partial charge in [-0.2, -0.15) is 0 Å². The predicted octanol–water partition coefficient (Wildman–Crippen LogP) is 2.08. The van der Waals surface area contributed by atoms with Crippen LogP contribution in [0.2, 0.25) is 0 Å². The molecule has 6 heteroatoms. The highest BCUT2D eigenvalue weighted by Crippen LogP contribution is 2.10. The van der Waals surface area contributed by atoms with Crippen LogP contribution in [0.15, 0.2) is 12.2 Å². The van der Waals surface area contributed by atoms with E-state index >= 15 is 0 Å². The molecule has 0 aromatic carbocycles. The Balaban J connectivity index is 1.96. The van der Waals surface area contributed by atoms with Crippen LogP contribution in [-0.4, -0.2) is 40.1 Å². The number of Topliss-reactive ketones (excluding diaryl/α,β-unsaturated/α-hetero) is 1. The van der Waals surface area contributed by atoms with E-state index in [1.807, 2.05) is 0 Å². The van der Waals surface area contributed by atoms with Crippen LogP contribution in [-0.2, 0) is 19.2 Å². The Morgan fingerprint density at radius 2 is 1.32 bits per heavy atom. The molecule has 1 N–H and O–H groups in total. The smallest absolute Gasteiger partial charge is 0.303 e. The van der Waals surface area contributed by atoms with E-state index in [-0.39, 0.29) is 24.0 Å². The lowest BCUT2D eigenvalue weighted by atomic mass is 10.0. The highest BCUT2D eigenvalue weighted by molar-refractivity contribution is 6.12. The number of carbonyl (C=O) groups is 4. The lowest BCUT2D eigenvalue weighted by molar-refractivity contribution is -0.138. The van der Waals surface area contributed by atoms with Crippen LogP contribution >= 0.6 is 0 Å². The number of hydrogen-bond acceptors (Lipinski definition) is 4. The second kappa shape index (κ2) is 9.87. The van der Waals surface area contributed by atoms with Crippen molar-refractivity contribution in [3.63, 3.8) is 0 Å². The second-order valence-electron chi connectivity index (χ2n) is 5.47. The molecule has 0 aromatic rings. The third kappa shape index (κ3) is 7.15. The van der Waals surface area contributed by atoms with E-state index in [1.54, 1.807) is 0 Å². The van der Waals surface area contributed by atoms with E-state index in [4.69, 9.17) is 5.11 Å². The molecular weight excluding hydrogens is 286 g/mol. The number of hydrogen-bond donors (Lipinski definition) is 1. The van der Waals surface area contributed by atoms with Crippen molar-refractivity contribution in [1.82, 2.24) is 4.90 Å². The molecule has 22 heavy (non-hydrogen) atoms. The molecule has 1 aliphatic rings. The van der Waals surface area contributed by atoms with E-state index in [1.165, 1.54) is 17.1 Å². The van der Waals surface area contributed by atoms with E-state index in [9.17, 15) is 19.2 Å². The number of rotatable bonds is 12. The molecule has 0 radical (unpaired) electrons. The van der Waals surface area contributed by atoms with Gasteiger partial charge in [0.25, 0.3) is 11.8 Å². The molecule has 0 saturated carbocycles. The van der Waals surface area contributed by atoms with E-state index < -0.39 is 5.97 Å². The summed E-state index contributed by atoms with van der Waals surface area (Å²) in [5.41, 5.74) is 0. The number of carbonyl (C=O) groups excluding carboxylic acids is 3. The van der Waals surface area contributed by atoms with Gasteiger partial charge in [0.15, 0.2) is 0 Å². The molecule has 0 aliphatic carbocycles. The zero-order valence-electron chi connectivity index (χ0n) is 12.8. The molecule has 122 valence electrons. The Hall–Kier alpha value is -1.98. The van der Waals surface area contributed by atoms with Crippen molar-refractivity contribution in [3.05, 3.63) is 12.2 Å². The third-order valence-electron chi connectivity index (χ3n) is 3.58. The van der Waals surface area contributed by atoms with Crippen molar-refractivity contribution in [1.29, 1.82) is 0 Å². The van der Waals surface area contributed by atoms with Crippen molar-refractivity contribution < 1.29 is 24.3 Å². The molecule has 0 saturated heterocycles. The molecule has 1 heterocycles. The number of nitrogens with zero attached hydrogens (tertiary/aromatic N) is 1. The number of aliphatic carboxylic acids is 1. The number of carboxylic acids is 1. The molecule has 1 rings (SSSR count). The molecule has 2 amide bonds. The summed E-state index contributed by atoms with van der Waals surface area (Å²) in [7, 11) is 0. The Kier molecular flexibility index (Phi) is 8.10. The highest BCUT2D eigenvalue weighted by Gasteiger charge is 2.22. The van der Waals surface area contributed by atoms with Crippen LogP contribution in [0, 0.1) is 0 Å². The van der Waals surface area contributed by atoms with Crippen LogP contribution in [0.4, 0.5) is 0 Å². The quantitative estimate of drug-likeness (QED) is 0.440. The Morgan fingerprint density at radius 3 is 1.86 bits per heavy atom. The zero-order chi connectivity index (χ0) is 16.4. The number of imide groups is 1. The first-order chi connectivity index (χ1) is 10.5. The maximum Gasteiger partial charge on any atom is 0.303 e. The summed E-state index contributed by atoms with van der Waals surface area (Å²) in [6, 6.07) is 0. The van der Waals surface area contributed by atoms with Gasteiger partial charge < -0.3 is 5.11 Å². The van der Waals surface area contributed by atoms with E-state index in [0.29, 0.717) is 32.2 Å². The highest BCUT2D eigenvalue weighted by atomic mass is 16.4. The fourth-order valence-corrected chi connectivity index (χ4v) is 2.32. The number of ketones is 1. The number of unbranched alkanes of at least 4 members (excludes halogenated alkanes) is 4. The van der Waals surface area contributed by atoms with Gasteiger partial charge in [-0.15, -0.1) is 0 Å². The van der Waals surface area contributed by atoms with Crippen molar-refractivity contribution in [3.8, 4) is 0 Å². The molecule has 0 fully saturated rings. The normalized spacial score (nSPS) is 13.9. The summed E-state index contributed by atoms with van der Waals surface area (Å²) in [4.78, 5) is 45.7. The number of carboxylic acid groups (broad SMARTS) is 1. The standard InChI is InChI=1S/C16H23NO5/c18-13(7-3-1-5-9-16(21)22)8-4-2-6-12-17-14(19)10-11-15(17)20/h10-11H,1-9,12H2,(H,21,22). The van der Waals surface area contributed by atoms with Crippen LogP contribution < -0.4 is 0 Å². The molecule has 1 aliphatic heterocycles. The molecule has 0 spiro atoms. The monoisotopic (exact) mass is 309 g/mol. The average molecular weight is 309 g/mol. The Bertz CT molecular complexity index is 437. The maximum atomic E-state index is 11.6. The molecule has 6 nitrogen and oxygen atoms in total. The van der Waals surface area contributed by atoms with Crippen molar-refractivity contribution in [2.75, 3.05) is 6.54 Å². The van der Waals surface area contributed by atoms with Crippen LogP contribution in [0.25, 0.3) is 0 Å². The van der Waals surface area contributed by atoms with Gasteiger partial charge in [0.2, 0.25) is 0 Å². The molecule has 0 unspecified atom stereocenters. The maximum absolute atomic E-state index is 11.6. The minimum Gasteiger partial charge on any atom is -0.481 e. The van der Waals surface area contributed by atoms with Gasteiger partial charge in [-0.05, 0) is 25.7 Å². The number of amides is 2. The van der Waals surface area contributed by atoms with Gasteiger partial charge in [-0.1, -0.05) is 12.8 Å². The summed E-state index contributed by atoms with van der Waals surface area (Å²) in [6.07, 6.45) is 8.15. The first-order valence-corrected chi connectivity index (χ1v) is 7.77. The SMILES string of the molecule is O=C(O)CCCCCC(=O)CCCCCN1C(=O)C=CC1=O. The lowest BCUT2D eigenvalue weighted by Gasteiger charge is -2.12. The predicted molar refractivity (Wildman–Crippen MR) is 80.1 cm³/mol. The molecule has 0 atom stereocenters. The van der Waals surface area contributed by atoms with Gasteiger partial charge >= 0.3 is 5.97 Å². The molecule has 0 bridgehead atoms. The fraction of sp³-hybridized carbons (Fsp3) is 0.625. The summed E-state index contributed by atoms with van der Waals surface area (Å²) in [5, 5.41) is 8.48. The Labute approximate surface area is 130 Å². The summed E-state index contributed by atoms with van der Waals surface area (Å²) < 4.78 is 0. The van der Waals surface area contributed by atoms with E-state index in [0.717, 1.165) is 25.7 Å². The van der Waals surface area contributed by atoms with E-state index in [2.05, 4.69) is 0 Å². The fourth-order valence-electron chi connectivity index (χ4n) is 2.32. The van der Waals surface area contributed by atoms with Crippen LogP contribution in [0.5, 0.6) is 0 Å². The lowest BCUT2D eigenvalue weighted by Crippen LogP contribution is -2.30. The van der Waals surface area contributed by atoms with Crippen LogP contribution in [0.3, 0.4) is 0 Å². The van der Waals surface area contributed by atoms with Gasteiger partial charge in [-0.3, -0.25) is 24.1 Å². The van der Waals surface area contributed by atoms with Gasteiger partial charge in [0.1, 0.15) is 5.78 Å². The zero-order valence-corrected chi connectivity index (χ0v) is 12.8. The first kappa shape index (κ1) is 18.1. The summed E-state index contributed by atoms with van der Waals surface area (Å²) in [5.74, 6) is -1.12. The first-order valence-electron chi connectivity index (χ1n) is 7.77. The van der Waals surface area contributed by atoms with Gasteiger partial charge in [0, 0.05) is 38.0 Å².